The number of hydrogen-bond acceptors (Lipinski definition) is 2. The molecule has 1 aromatic heterocycles. The lowest BCUT2D eigenvalue weighted by molar-refractivity contribution is 0.305. The number of nitrogens with one attached hydrogen (secondary N) is 1. The third-order valence-corrected chi connectivity index (χ3v) is 5.00. The predicted octanol–water partition coefficient (Wildman–Crippen LogP) is 3.91. The number of hydrogen-bond donors (Lipinski definition) is 1. The highest BCUT2D eigenvalue weighted by Gasteiger charge is 2.36. The van der Waals surface area contributed by atoms with Gasteiger partial charge in [0.2, 0.25) is 0 Å². The Morgan fingerprint density at radius 2 is 2.05 bits per heavy atom. The van der Waals surface area contributed by atoms with Crippen LogP contribution in [-0.2, 0) is 18.4 Å². The average Bonchev–Trinajstić information content (AvgIpc) is 2.86. The molecule has 19 heavy (non-hydrogen) atoms. The molecule has 1 aromatic carbocycles. The minimum absolute atomic E-state index is 0. The van der Waals surface area contributed by atoms with Crippen LogP contribution in [0, 0.1) is 5.82 Å². The van der Waals surface area contributed by atoms with Crippen LogP contribution in [0.4, 0.5) is 4.39 Å². The molecule has 0 radical (unpaired) electrons. The highest BCUT2D eigenvalue weighted by atomic mass is 35.5. The Bertz CT molecular complexity index is 569. The van der Waals surface area contributed by atoms with Crippen molar-refractivity contribution in [2.75, 3.05) is 7.05 Å². The molecular weight excluding hydrogens is 281 g/mol. The van der Waals surface area contributed by atoms with E-state index in [1.807, 2.05) is 30.5 Å². The SMILES string of the molecule is CNC1(c2ccccc2F)CCc2sccc2C1.Cl. The van der Waals surface area contributed by atoms with Gasteiger partial charge in [0.25, 0.3) is 0 Å². The van der Waals surface area contributed by atoms with Gasteiger partial charge in [-0.25, -0.2) is 4.39 Å². The summed E-state index contributed by atoms with van der Waals surface area (Å²) in [6.45, 7) is 0. The lowest BCUT2D eigenvalue weighted by Gasteiger charge is -2.37. The fourth-order valence-corrected chi connectivity index (χ4v) is 3.82. The topological polar surface area (TPSA) is 12.0 Å². The van der Waals surface area contributed by atoms with Crippen LogP contribution in [0.3, 0.4) is 0 Å². The van der Waals surface area contributed by atoms with Gasteiger partial charge in [0.15, 0.2) is 0 Å². The molecule has 0 spiro atoms. The number of thiophene rings is 1. The fraction of sp³-hybridized carbons (Fsp3) is 0.333. The van der Waals surface area contributed by atoms with Crippen LogP contribution in [0.1, 0.15) is 22.4 Å². The summed E-state index contributed by atoms with van der Waals surface area (Å²) in [5.41, 5.74) is 1.91. The maximum absolute atomic E-state index is 14.1. The zero-order chi connectivity index (χ0) is 12.6. The molecule has 1 aliphatic rings. The quantitative estimate of drug-likeness (QED) is 0.886. The molecular formula is C15H17ClFNS. The van der Waals surface area contributed by atoms with Gasteiger partial charge < -0.3 is 5.32 Å². The number of rotatable bonds is 2. The van der Waals surface area contributed by atoms with Crippen molar-refractivity contribution in [3.63, 3.8) is 0 Å². The maximum Gasteiger partial charge on any atom is 0.128 e. The molecule has 2 aromatic rings. The number of fused-ring (bicyclic) bond motifs is 1. The van der Waals surface area contributed by atoms with Gasteiger partial charge in [-0.2, -0.15) is 0 Å². The van der Waals surface area contributed by atoms with Gasteiger partial charge >= 0.3 is 0 Å². The second-order valence-corrected chi connectivity index (χ2v) is 5.86. The molecule has 0 saturated carbocycles. The molecule has 0 aliphatic heterocycles. The Balaban J connectivity index is 0.00000133. The Kier molecular flexibility index (Phi) is 4.29. The third kappa shape index (κ3) is 2.42. The molecule has 0 amide bonds. The standard InChI is InChI=1S/C15H16FNS.ClH/c1-17-15(12-4-2-3-5-13(12)16)8-6-14-11(10-15)7-9-18-14;/h2-5,7,9,17H,6,8,10H2,1H3;1H. The Hall–Kier alpha value is -0.900. The summed E-state index contributed by atoms with van der Waals surface area (Å²) in [4.78, 5) is 1.46. The van der Waals surface area contributed by atoms with E-state index in [1.54, 1.807) is 12.1 Å². The summed E-state index contributed by atoms with van der Waals surface area (Å²) < 4.78 is 14.1. The highest BCUT2D eigenvalue weighted by Crippen LogP contribution is 2.39. The van der Waals surface area contributed by atoms with E-state index >= 15 is 0 Å². The van der Waals surface area contributed by atoms with Crippen LogP contribution in [0.2, 0.25) is 0 Å². The maximum atomic E-state index is 14.1. The predicted molar refractivity (Wildman–Crippen MR) is 80.7 cm³/mol. The summed E-state index contributed by atoms with van der Waals surface area (Å²) in [5, 5.41) is 5.51. The average molecular weight is 298 g/mol. The van der Waals surface area contributed by atoms with Gasteiger partial charge in [-0.1, -0.05) is 18.2 Å². The molecule has 0 saturated heterocycles. The van der Waals surface area contributed by atoms with Crippen LogP contribution in [0.25, 0.3) is 0 Å². The molecule has 3 rings (SSSR count). The zero-order valence-electron chi connectivity index (χ0n) is 10.8. The van der Waals surface area contributed by atoms with E-state index in [1.165, 1.54) is 10.4 Å². The van der Waals surface area contributed by atoms with Crippen molar-refractivity contribution >= 4 is 23.7 Å². The van der Waals surface area contributed by atoms with Gasteiger partial charge in [-0.3, -0.25) is 0 Å². The summed E-state index contributed by atoms with van der Waals surface area (Å²) in [6.07, 6.45) is 2.86. The van der Waals surface area contributed by atoms with E-state index in [-0.39, 0.29) is 23.8 Å². The van der Waals surface area contributed by atoms with E-state index < -0.39 is 0 Å². The van der Waals surface area contributed by atoms with Crippen molar-refractivity contribution in [1.29, 1.82) is 0 Å². The van der Waals surface area contributed by atoms with E-state index in [0.29, 0.717) is 0 Å². The molecule has 1 unspecified atom stereocenters. The first-order valence-electron chi connectivity index (χ1n) is 6.24. The number of benzene rings is 1. The molecule has 1 N–H and O–H groups in total. The van der Waals surface area contributed by atoms with E-state index in [4.69, 9.17) is 0 Å². The first kappa shape index (κ1) is 14.5. The minimum Gasteiger partial charge on any atom is -0.310 e. The monoisotopic (exact) mass is 297 g/mol. The second-order valence-electron chi connectivity index (χ2n) is 4.86. The van der Waals surface area contributed by atoms with E-state index in [2.05, 4.69) is 16.8 Å². The van der Waals surface area contributed by atoms with Gasteiger partial charge in [0.05, 0.1) is 5.54 Å². The van der Waals surface area contributed by atoms with Crippen molar-refractivity contribution in [1.82, 2.24) is 5.32 Å². The number of aryl methyl sites for hydroxylation is 1. The number of likely N-dealkylation sites (N-methyl/N-ethyl adjacent to an activating group) is 1. The van der Waals surface area contributed by atoms with Crippen molar-refractivity contribution in [3.05, 3.63) is 57.5 Å². The molecule has 4 heteroatoms. The highest BCUT2D eigenvalue weighted by molar-refractivity contribution is 7.10. The summed E-state index contributed by atoms with van der Waals surface area (Å²) >= 11 is 1.81. The Morgan fingerprint density at radius 3 is 2.79 bits per heavy atom. The largest absolute Gasteiger partial charge is 0.310 e. The van der Waals surface area contributed by atoms with Crippen LogP contribution >= 0.6 is 23.7 Å². The van der Waals surface area contributed by atoms with E-state index in [9.17, 15) is 4.39 Å². The zero-order valence-corrected chi connectivity index (χ0v) is 12.4. The lowest BCUT2D eigenvalue weighted by Crippen LogP contribution is -2.45. The van der Waals surface area contributed by atoms with Crippen molar-refractivity contribution in [3.8, 4) is 0 Å². The third-order valence-electron chi connectivity index (χ3n) is 3.98. The molecule has 0 bridgehead atoms. The fourth-order valence-electron chi connectivity index (χ4n) is 2.91. The Morgan fingerprint density at radius 1 is 1.26 bits per heavy atom. The molecule has 1 atom stereocenters. The van der Waals surface area contributed by atoms with E-state index in [0.717, 1.165) is 24.8 Å². The van der Waals surface area contributed by atoms with Gasteiger partial charge in [-0.15, -0.1) is 23.7 Å². The van der Waals surface area contributed by atoms with Crippen LogP contribution in [0.15, 0.2) is 35.7 Å². The molecule has 102 valence electrons. The summed E-state index contributed by atoms with van der Waals surface area (Å²) in [7, 11) is 1.93. The van der Waals surface area contributed by atoms with Gasteiger partial charge in [0.1, 0.15) is 5.82 Å². The Labute approximate surface area is 123 Å². The van der Waals surface area contributed by atoms with Crippen LogP contribution in [0.5, 0.6) is 0 Å². The van der Waals surface area contributed by atoms with Crippen molar-refractivity contribution in [2.24, 2.45) is 0 Å². The van der Waals surface area contributed by atoms with Crippen molar-refractivity contribution in [2.45, 2.75) is 24.8 Å². The second kappa shape index (κ2) is 5.61. The smallest absolute Gasteiger partial charge is 0.128 e. The number of halogens is 2. The first-order chi connectivity index (χ1) is 8.75. The van der Waals surface area contributed by atoms with Crippen LogP contribution in [-0.4, -0.2) is 7.05 Å². The molecule has 1 nitrogen and oxygen atoms in total. The molecule has 1 heterocycles. The molecule has 0 fully saturated rings. The lowest BCUT2D eigenvalue weighted by atomic mass is 9.76. The summed E-state index contributed by atoms with van der Waals surface area (Å²) in [5.74, 6) is -0.106. The van der Waals surface area contributed by atoms with Gasteiger partial charge in [-0.05, 0) is 49.4 Å². The van der Waals surface area contributed by atoms with Crippen molar-refractivity contribution < 1.29 is 4.39 Å². The normalized spacial score (nSPS) is 21.6. The summed E-state index contributed by atoms with van der Waals surface area (Å²) in [6, 6.07) is 9.30. The first-order valence-corrected chi connectivity index (χ1v) is 7.12. The van der Waals surface area contributed by atoms with Gasteiger partial charge in [0, 0.05) is 10.4 Å². The van der Waals surface area contributed by atoms with Crippen LogP contribution < -0.4 is 5.32 Å². The minimum atomic E-state index is -0.251. The molecule has 1 aliphatic carbocycles.